The predicted octanol–water partition coefficient (Wildman–Crippen LogP) is 0.259. The molecule has 3 aliphatic carbocycles. The number of alkyl halides is 2. The summed E-state index contributed by atoms with van der Waals surface area (Å²) < 4.78 is 0.776. The number of nitrogens with one attached hydrogen (secondary N) is 2. The predicted molar refractivity (Wildman–Crippen MR) is 111 cm³/mol. The van der Waals surface area contributed by atoms with Gasteiger partial charge in [0.2, 0.25) is 0 Å². The number of nitriles is 1. The van der Waals surface area contributed by atoms with Crippen LogP contribution in [0, 0.1) is 46.3 Å². The number of fused-ring (bicyclic) bond motifs is 4. The second kappa shape index (κ2) is 7.90. The molecule has 29 heavy (non-hydrogen) atoms. The molecule has 5 rings (SSSR count). The van der Waals surface area contributed by atoms with E-state index >= 15 is 0 Å². The average molecular weight is 513 g/mol. The second-order valence-electron chi connectivity index (χ2n) is 10.9. The van der Waals surface area contributed by atoms with E-state index < -0.39 is 5.60 Å². The van der Waals surface area contributed by atoms with Gasteiger partial charge in [-0.2, -0.15) is 0 Å². The van der Waals surface area contributed by atoms with Crippen molar-refractivity contribution in [2.45, 2.75) is 92.9 Å². The molecule has 7 unspecified atom stereocenters. The van der Waals surface area contributed by atoms with Crippen molar-refractivity contribution in [3.63, 3.8) is 0 Å². The Hall–Kier alpha value is 0.1000. The molecule has 3 saturated carbocycles. The summed E-state index contributed by atoms with van der Waals surface area (Å²) in [6.07, 6.45) is 12.2. The van der Waals surface area contributed by atoms with Gasteiger partial charge >= 0.3 is 188 Å². The standard InChI is InChI=1S/C24H39IN3O/c1-15-23(11-12-26,21-20(25-2)14-27-22(21)28-15)17-7-8-18-13-16-5-3-4-6-19(16)24(18,29)10-9-17/h15-22,27-29H,3-11,13-14H2,1-2H3/q-1/t15?,16?,17-,18?,19?,20?,21+,22?,23-,24?/m1/s1. The summed E-state index contributed by atoms with van der Waals surface area (Å²) in [5, 5.41) is 29.5. The first-order valence-corrected chi connectivity index (χ1v) is 15.5. The van der Waals surface area contributed by atoms with E-state index in [1.54, 1.807) is 0 Å². The Morgan fingerprint density at radius 1 is 1.14 bits per heavy atom. The van der Waals surface area contributed by atoms with E-state index in [1.807, 2.05) is 0 Å². The average Bonchev–Trinajstić information content (AvgIpc) is 3.30. The molecule has 4 nitrogen and oxygen atoms in total. The summed E-state index contributed by atoms with van der Waals surface area (Å²) in [7, 11) is 0. The van der Waals surface area contributed by atoms with Gasteiger partial charge < -0.3 is 0 Å². The minimum atomic E-state index is -0.409. The molecule has 2 saturated heterocycles. The Morgan fingerprint density at radius 2 is 1.93 bits per heavy atom. The van der Waals surface area contributed by atoms with Gasteiger partial charge in [-0.3, -0.25) is 0 Å². The van der Waals surface area contributed by atoms with E-state index in [9.17, 15) is 10.4 Å². The first-order chi connectivity index (χ1) is 14.0. The maximum absolute atomic E-state index is 11.9. The van der Waals surface area contributed by atoms with Gasteiger partial charge in [-0.15, -0.1) is 0 Å². The van der Waals surface area contributed by atoms with Crippen molar-refractivity contribution in [2.75, 3.05) is 11.5 Å². The van der Waals surface area contributed by atoms with Gasteiger partial charge in [-0.25, -0.2) is 0 Å². The van der Waals surface area contributed by atoms with E-state index in [-0.39, 0.29) is 26.6 Å². The van der Waals surface area contributed by atoms with Crippen LogP contribution in [0.4, 0.5) is 0 Å². The Morgan fingerprint density at radius 3 is 2.72 bits per heavy atom. The van der Waals surface area contributed by atoms with Gasteiger partial charge in [0, 0.05) is 0 Å². The summed E-state index contributed by atoms with van der Waals surface area (Å²) in [6.45, 7) is 3.48. The zero-order chi connectivity index (χ0) is 20.2. The van der Waals surface area contributed by atoms with Crippen LogP contribution in [0.2, 0.25) is 0 Å². The van der Waals surface area contributed by atoms with Crippen LogP contribution in [0.3, 0.4) is 0 Å². The van der Waals surface area contributed by atoms with E-state index in [2.05, 4.69) is 28.6 Å². The zero-order valence-electron chi connectivity index (χ0n) is 18.2. The second-order valence-corrected chi connectivity index (χ2v) is 13.7. The van der Waals surface area contributed by atoms with Gasteiger partial charge in [-0.1, -0.05) is 0 Å². The molecule has 0 amide bonds. The van der Waals surface area contributed by atoms with Crippen molar-refractivity contribution in [1.82, 2.24) is 10.6 Å². The van der Waals surface area contributed by atoms with E-state index in [0.717, 1.165) is 29.2 Å². The number of hydrogen-bond acceptors (Lipinski definition) is 4. The van der Waals surface area contributed by atoms with Gasteiger partial charge in [0.25, 0.3) is 0 Å². The van der Waals surface area contributed by atoms with Crippen molar-refractivity contribution in [1.29, 1.82) is 5.26 Å². The number of nitrogens with zero attached hydrogens (tertiary/aromatic N) is 1. The first-order valence-electron chi connectivity index (χ1n) is 12.1. The van der Waals surface area contributed by atoms with Crippen molar-refractivity contribution in [2.24, 2.45) is 35.0 Å². The van der Waals surface area contributed by atoms with Crippen LogP contribution in [0.1, 0.15) is 71.1 Å². The van der Waals surface area contributed by atoms with E-state index in [4.69, 9.17) is 0 Å². The number of aliphatic hydroxyl groups is 1. The summed E-state index contributed by atoms with van der Waals surface area (Å²) in [5.74, 6) is 3.04. The molecule has 0 bridgehead atoms. The topological polar surface area (TPSA) is 68.1 Å². The molecule has 5 fully saturated rings. The molecule has 0 aromatic heterocycles. The fraction of sp³-hybridized carbons (Fsp3) is 0.958. The number of hydrogen-bond donors (Lipinski definition) is 3. The van der Waals surface area contributed by atoms with Crippen LogP contribution in [0.25, 0.3) is 0 Å². The molecule has 10 atom stereocenters. The first kappa shape index (κ1) is 21.0. The Kier molecular flexibility index (Phi) is 5.72. The van der Waals surface area contributed by atoms with Crippen LogP contribution >= 0.6 is 0 Å². The third-order valence-corrected chi connectivity index (χ3v) is 13.0. The SMILES string of the molecule is C[I-]C1CNC2NC(C)[C@](CC#N)([C@@H]3CCC4CC5CCCCC5C4(O)CC3)[C@H]21. The summed E-state index contributed by atoms with van der Waals surface area (Å²) in [6, 6.07) is 3.03. The number of rotatable bonds is 3. The minimum absolute atomic E-state index is 0.0876. The van der Waals surface area contributed by atoms with Gasteiger partial charge in [0.1, 0.15) is 0 Å². The van der Waals surface area contributed by atoms with E-state index in [0.29, 0.717) is 42.3 Å². The van der Waals surface area contributed by atoms with Crippen LogP contribution in [-0.2, 0) is 0 Å². The van der Waals surface area contributed by atoms with Gasteiger partial charge in [-0.05, 0) is 0 Å². The molecular formula is C24H39IN3O-. The molecule has 0 radical (unpaired) electrons. The summed E-state index contributed by atoms with van der Waals surface area (Å²) in [5.41, 5.74) is -0.322. The van der Waals surface area contributed by atoms with Crippen LogP contribution < -0.4 is 31.8 Å². The zero-order valence-corrected chi connectivity index (χ0v) is 20.3. The van der Waals surface area contributed by atoms with Crippen LogP contribution in [0.5, 0.6) is 0 Å². The third kappa shape index (κ3) is 3.06. The fourth-order valence-corrected chi connectivity index (χ4v) is 11.4. The summed E-state index contributed by atoms with van der Waals surface area (Å²) >= 11 is 0.158. The van der Waals surface area contributed by atoms with Crippen molar-refractivity contribution >= 4 is 0 Å². The Balaban J connectivity index is 1.43. The van der Waals surface area contributed by atoms with Gasteiger partial charge in [0.05, 0.1) is 0 Å². The molecule has 2 heterocycles. The normalized spacial score (nSPS) is 54.4. The molecule has 0 aromatic carbocycles. The van der Waals surface area contributed by atoms with E-state index in [1.165, 1.54) is 44.9 Å². The monoisotopic (exact) mass is 512 g/mol. The molecule has 5 heteroatoms. The summed E-state index contributed by atoms with van der Waals surface area (Å²) in [4.78, 5) is 2.43. The van der Waals surface area contributed by atoms with Crippen LogP contribution in [-0.4, -0.2) is 38.3 Å². The van der Waals surface area contributed by atoms with Crippen LogP contribution in [0.15, 0.2) is 0 Å². The molecule has 164 valence electrons. The molecule has 0 spiro atoms. The van der Waals surface area contributed by atoms with Crippen molar-refractivity contribution in [3.8, 4) is 6.07 Å². The molecular weight excluding hydrogens is 473 g/mol. The molecule has 3 N–H and O–H groups in total. The molecule has 0 aromatic rings. The quantitative estimate of drug-likeness (QED) is 0.375. The van der Waals surface area contributed by atoms with Gasteiger partial charge in [0.15, 0.2) is 0 Å². The maximum atomic E-state index is 11.9. The Bertz CT molecular complexity index is 665. The molecule has 5 aliphatic rings. The third-order valence-electron chi connectivity index (χ3n) is 10.2. The number of halogens is 1. The fourth-order valence-electron chi connectivity index (χ4n) is 8.88. The van der Waals surface area contributed by atoms with Crippen molar-refractivity contribution < 1.29 is 26.3 Å². The Labute approximate surface area is 187 Å². The van der Waals surface area contributed by atoms with Crippen molar-refractivity contribution in [3.05, 3.63) is 0 Å². The molecule has 2 aliphatic heterocycles.